The molecule has 1 aromatic heterocycles. The molecule has 8 fully saturated rings. The summed E-state index contributed by atoms with van der Waals surface area (Å²) in [5.41, 5.74) is 0.826. The van der Waals surface area contributed by atoms with Crippen molar-refractivity contribution in [3.05, 3.63) is 161 Å². The largest absolute Gasteiger partial charge is 0.519 e. The fourth-order valence-electron chi connectivity index (χ4n) is 11.3. The van der Waals surface area contributed by atoms with Crippen LogP contribution in [0.4, 0.5) is 4.79 Å². The number of unbranched alkanes of at least 4 members (excludes halogenated alkanes) is 1. The number of rotatable bonds is 39. The zero-order valence-corrected chi connectivity index (χ0v) is 75.7. The molecule has 760 valence electrons. The standard InChI is InChI=1S/C17H24N2O7.C16H15NO6.C15H13NO6.C14H13NO9.C14H17NO8.C13H13N3O8/c20-14-11-15(21)18-13(14)12-26-17(23)4-3-16(22)25-8-2-1-5-19-6-9-24-10-7-19;18-13-8-14(19)17-12(13)10-23-16(21)7-6-15(20)22-9-11-4-2-1-3-5-11;17-12-8-13(18)16-11(12)9-21-14(19)6-7-15(20)22-10-4-2-1-3-5-10;1-7-10(24-14(20)23-7)6-22-13(19)3-2-12(18)21-5-8-9(16)4-11(17)15-8;1-8(2)14(20)23-7-22-13(19)4-3-12(18)21-6-9-10(16)5-11(17)15-9;17-8-3-9(18)14-6(8)4-23-10(19)1-2-11(20)24-5-7-12(21)16-13(22)15-7/h3-4,13H,1-2,5-12H2,(H,18,21);1-7,12H,8-10H2,(H,17,19);1-7,11H,8-9H2,(H,16,18);2-3,8H,4-6H2,1H3,(H,15,17);3-4,8-9H,5-7H2,1-2H3,(H,15,17);1-2,6-7H,3-5H2,(H,14,18)(H2,15,16,21,22)/b4-3+;2*7-6+;3-2+;4-3+;2-1+. The van der Waals surface area contributed by atoms with E-state index in [9.17, 15) is 134 Å². The van der Waals surface area contributed by atoms with Gasteiger partial charge in [-0.1, -0.05) is 62.4 Å². The highest BCUT2D eigenvalue weighted by atomic mass is 16.7. The smallest absolute Gasteiger partial charge is 0.463 e. The maximum absolute atomic E-state index is 11.5. The number of esters is 13. The number of para-hydroxylation sites is 1. The molecule has 8 saturated heterocycles. The van der Waals surface area contributed by atoms with E-state index in [2.05, 4.69) is 65.2 Å². The van der Waals surface area contributed by atoms with Gasteiger partial charge in [-0.2, -0.15) is 0 Å². The topological polar surface area (TPSA) is 733 Å². The molecule has 0 aliphatic carbocycles. The second-order valence-corrected chi connectivity index (χ2v) is 29.9. The number of nitrogens with one attached hydrogen (secondary N) is 8. The summed E-state index contributed by atoms with van der Waals surface area (Å²) in [5.74, 6) is -16.2. The fourth-order valence-corrected chi connectivity index (χ4v) is 11.3. The van der Waals surface area contributed by atoms with Gasteiger partial charge in [0, 0.05) is 86.0 Å². The summed E-state index contributed by atoms with van der Waals surface area (Å²) in [5, 5.41) is 18.4. The van der Waals surface area contributed by atoms with Crippen LogP contribution in [-0.4, -0.2) is 299 Å². The van der Waals surface area contributed by atoms with E-state index in [0.29, 0.717) is 5.75 Å². The minimum atomic E-state index is -0.987. The zero-order valence-electron chi connectivity index (χ0n) is 75.7. The normalized spacial score (nSPS) is 18.9. The summed E-state index contributed by atoms with van der Waals surface area (Å²) in [4.78, 5) is 317. The Balaban J connectivity index is 0.000000261. The lowest BCUT2D eigenvalue weighted by Crippen LogP contribution is -2.36. The van der Waals surface area contributed by atoms with Crippen LogP contribution in [0.1, 0.15) is 82.3 Å². The Morgan fingerprint density at radius 1 is 0.352 bits per heavy atom. The van der Waals surface area contributed by atoms with Gasteiger partial charge >= 0.3 is 89.5 Å². The molecular weight excluding hydrogens is 1900 g/mol. The molecule has 53 nitrogen and oxygen atoms in total. The van der Waals surface area contributed by atoms with Crippen molar-refractivity contribution in [1.82, 2.24) is 47.4 Å². The highest BCUT2D eigenvalue weighted by molar-refractivity contribution is 6.11. The summed E-state index contributed by atoms with van der Waals surface area (Å²) < 4.78 is 76.5. The summed E-state index contributed by atoms with van der Waals surface area (Å²) in [7, 11) is 0. The van der Waals surface area contributed by atoms with Gasteiger partial charge in [0.05, 0.1) is 64.3 Å². The molecule has 9 heterocycles. The first-order valence-corrected chi connectivity index (χ1v) is 42.5. The van der Waals surface area contributed by atoms with E-state index in [1.807, 2.05) is 23.5 Å². The molecule has 0 saturated carbocycles. The van der Waals surface area contributed by atoms with Crippen molar-refractivity contribution in [1.29, 1.82) is 0 Å². The lowest BCUT2D eigenvalue weighted by Gasteiger charge is -2.26. The molecule has 8 aliphatic heterocycles. The second-order valence-electron chi connectivity index (χ2n) is 29.9. The lowest BCUT2D eigenvalue weighted by molar-refractivity contribution is -0.167. The molecule has 53 heteroatoms. The van der Waals surface area contributed by atoms with E-state index >= 15 is 0 Å². The highest BCUT2D eigenvalue weighted by Crippen LogP contribution is 2.14. The predicted molar refractivity (Wildman–Crippen MR) is 461 cm³/mol. The van der Waals surface area contributed by atoms with Crippen molar-refractivity contribution in [2.45, 2.75) is 128 Å². The van der Waals surface area contributed by atoms with Gasteiger partial charge in [0.25, 0.3) is 5.91 Å². The maximum atomic E-state index is 11.5. The second kappa shape index (κ2) is 60.3. The third kappa shape index (κ3) is 45.6. The number of urea groups is 1. The lowest BCUT2D eigenvalue weighted by atomic mass is 10.2. The predicted octanol–water partition coefficient (Wildman–Crippen LogP) is -4.69. The Kier molecular flexibility index (Phi) is 48.2. The van der Waals surface area contributed by atoms with Crippen LogP contribution in [0.25, 0.3) is 0 Å². The molecule has 7 unspecified atom stereocenters. The molecule has 8 aliphatic rings. The van der Waals surface area contributed by atoms with Crippen molar-refractivity contribution in [2.24, 2.45) is 5.92 Å². The minimum Gasteiger partial charge on any atom is -0.463 e. The summed E-state index contributed by atoms with van der Waals surface area (Å²) in [6.07, 6.45) is 10.7. The number of carbonyl (C=O) groups excluding carboxylic acids is 27. The van der Waals surface area contributed by atoms with Crippen LogP contribution >= 0.6 is 0 Å². The maximum Gasteiger partial charge on any atom is 0.519 e. The summed E-state index contributed by atoms with van der Waals surface area (Å²) >= 11 is 0. The number of ether oxygens (including phenoxy) is 14. The van der Waals surface area contributed by atoms with Crippen LogP contribution < -0.4 is 53.1 Å². The molecule has 142 heavy (non-hydrogen) atoms. The average Bonchev–Trinajstić information content (AvgIpc) is 1.78. The summed E-state index contributed by atoms with van der Waals surface area (Å²) in [6, 6.07) is 10.7. The Labute approximate surface area is 801 Å². The Hall–Kier alpha value is -17.3. The third-order valence-electron chi connectivity index (χ3n) is 18.5. The van der Waals surface area contributed by atoms with E-state index in [4.69, 9.17) is 52.1 Å². The Morgan fingerprint density at radius 2 is 0.662 bits per heavy atom. The zero-order chi connectivity index (χ0) is 104. The first kappa shape index (κ1) is 113. The van der Waals surface area contributed by atoms with Crippen LogP contribution in [0.15, 0.2) is 147 Å². The van der Waals surface area contributed by atoms with Crippen molar-refractivity contribution in [3.63, 3.8) is 0 Å². The van der Waals surface area contributed by atoms with Gasteiger partial charge in [-0.15, -0.1) is 0 Å². The molecule has 9 amide bonds. The molecule has 0 radical (unpaired) electrons. The van der Waals surface area contributed by atoms with Gasteiger partial charge in [-0.25, -0.2) is 67.1 Å². The van der Waals surface area contributed by atoms with E-state index in [0.717, 1.165) is 124 Å². The van der Waals surface area contributed by atoms with Crippen LogP contribution in [0, 0.1) is 12.8 Å². The SMILES string of the molecule is CC(C)C(=O)OCOC(=O)/C=C/C(=O)OCC1NC(=O)CC1=O.Cc1oc(=O)oc1COC(=O)/C=C/C(=O)OCC1NC(=O)CC1=O.O=C1CC(=O)C(COC(=O)/C=C/C(=O)OCC2NC(=O)NC2=O)N1.O=C1CC(=O)C(COC(=O)/C=C/C(=O)OCCCCN2CCOCC2)N1.O=C1CC(=O)C(COC(=O)/C=C/C(=O)OCc2ccccc2)N1.O=C1CC(=O)C(COC(=O)/C=C/C(=O)Oc2ccccc2)N1. The van der Waals surface area contributed by atoms with Gasteiger partial charge < -0.3 is 112 Å². The number of imide groups is 1. The van der Waals surface area contributed by atoms with E-state index in [1.165, 1.54) is 6.92 Å². The Morgan fingerprint density at radius 3 is 0.972 bits per heavy atom. The molecular formula is C89H95N9O44. The van der Waals surface area contributed by atoms with Crippen molar-refractivity contribution >= 4 is 160 Å². The van der Waals surface area contributed by atoms with Crippen molar-refractivity contribution in [2.75, 3.05) is 92.5 Å². The van der Waals surface area contributed by atoms with Crippen molar-refractivity contribution in [3.8, 4) is 5.75 Å². The van der Waals surface area contributed by atoms with E-state index < -0.39 is 181 Å². The fraction of sp³-hybridized carbons (Fsp3) is 0.393. The number of morpholine rings is 1. The number of hydrogen-bond acceptors (Lipinski definition) is 45. The number of hydrogen-bond donors (Lipinski definition) is 8. The van der Waals surface area contributed by atoms with Crippen molar-refractivity contribution < 1.29 is 205 Å². The molecule has 2 aromatic carbocycles. The minimum absolute atomic E-state index is 0.0554. The highest BCUT2D eigenvalue weighted by Gasteiger charge is 2.37. The number of aryl methyl sites for hydroxylation is 1. The van der Waals surface area contributed by atoms with E-state index in [1.54, 1.807) is 56.3 Å². The van der Waals surface area contributed by atoms with Crippen LogP contribution in [0.2, 0.25) is 0 Å². The molecule has 7 atom stereocenters. The Bertz CT molecular complexity index is 5390. The molecule has 8 N–H and O–H groups in total. The number of benzene rings is 2. The monoisotopic (exact) mass is 1990 g/mol. The molecule has 3 aromatic rings. The number of ketones is 6. The number of carbonyl (C=O) groups is 27. The average molecular weight is 1990 g/mol. The number of amides is 9. The molecule has 0 bridgehead atoms. The van der Waals surface area contributed by atoms with Crippen LogP contribution in [0.5, 0.6) is 5.75 Å². The van der Waals surface area contributed by atoms with Gasteiger partial charge in [0.1, 0.15) is 101 Å². The third-order valence-corrected chi connectivity index (χ3v) is 18.5. The quantitative estimate of drug-likeness (QED) is 0.00389. The van der Waals surface area contributed by atoms with Gasteiger partial charge in [-0.3, -0.25) is 77.3 Å². The van der Waals surface area contributed by atoms with Gasteiger partial charge in [0.15, 0.2) is 52.8 Å². The van der Waals surface area contributed by atoms with Crippen LogP contribution in [0.3, 0.4) is 0 Å². The number of nitrogens with zero attached hydrogens (tertiary/aromatic N) is 1. The number of Topliss-reactive ketones (excluding diaryl/α,β-unsaturated/α-hetero) is 6. The first-order valence-electron chi connectivity index (χ1n) is 42.5. The molecule has 0 spiro atoms. The van der Waals surface area contributed by atoms with Gasteiger partial charge in [-0.05, 0) is 44.0 Å². The molecule has 11 rings (SSSR count). The van der Waals surface area contributed by atoms with Gasteiger partial charge in [0.2, 0.25) is 42.2 Å². The van der Waals surface area contributed by atoms with E-state index in [-0.39, 0.29) is 156 Å². The van der Waals surface area contributed by atoms with Crippen LogP contribution in [-0.2, 0) is 199 Å². The summed E-state index contributed by atoms with van der Waals surface area (Å²) in [6.45, 7) is 6.41. The first-order chi connectivity index (χ1) is 67.6.